The minimum Gasteiger partial charge on any atom is -0.488 e. The third-order valence-corrected chi connectivity index (χ3v) is 3.28. The number of ketones is 1. The number of carbonyl (C=O) groups excluding carboxylic acids is 1. The van der Waals surface area contributed by atoms with E-state index in [1.165, 1.54) is 0 Å². The highest BCUT2D eigenvalue weighted by molar-refractivity contribution is 5.99. The Labute approximate surface area is 102 Å². The van der Waals surface area contributed by atoms with Gasteiger partial charge in [0.05, 0.1) is 6.54 Å². The monoisotopic (exact) mass is 233 g/mol. The van der Waals surface area contributed by atoms with Gasteiger partial charge in [0.2, 0.25) is 0 Å². The van der Waals surface area contributed by atoms with Crippen molar-refractivity contribution >= 4 is 5.78 Å². The molecule has 0 saturated heterocycles. The number of ether oxygens (including phenoxy) is 1. The lowest BCUT2D eigenvalue weighted by atomic mass is 9.91. The number of carbonyl (C=O) groups is 1. The average Bonchev–Trinajstić information content (AvgIpc) is 2.26. The van der Waals surface area contributed by atoms with E-state index in [0.29, 0.717) is 0 Å². The van der Waals surface area contributed by atoms with Crippen LogP contribution in [0.1, 0.15) is 41.8 Å². The molecule has 0 fully saturated rings. The van der Waals surface area contributed by atoms with Gasteiger partial charge in [-0.1, -0.05) is 0 Å². The van der Waals surface area contributed by atoms with Crippen molar-refractivity contribution in [3.8, 4) is 5.75 Å². The Morgan fingerprint density at radius 3 is 2.82 bits per heavy atom. The van der Waals surface area contributed by atoms with Gasteiger partial charge < -0.3 is 10.5 Å². The lowest BCUT2D eigenvalue weighted by Gasteiger charge is -2.33. The molecule has 1 aliphatic heterocycles. The minimum atomic E-state index is -0.112. The molecule has 3 heteroatoms. The maximum Gasteiger partial charge on any atom is 0.176 e. The number of fused-ring (bicyclic) bond motifs is 1. The normalized spacial score (nSPS) is 17.2. The molecule has 0 bridgehead atoms. The molecule has 1 heterocycles. The fraction of sp³-hybridized carbons (Fsp3) is 0.500. The summed E-state index contributed by atoms with van der Waals surface area (Å²) in [6, 6.07) is 3.90. The molecule has 0 saturated carbocycles. The van der Waals surface area contributed by atoms with Gasteiger partial charge in [-0.25, -0.2) is 0 Å². The molecule has 0 radical (unpaired) electrons. The summed E-state index contributed by atoms with van der Waals surface area (Å²) in [6.07, 6.45) is 1.92. The minimum absolute atomic E-state index is 0.00451. The van der Waals surface area contributed by atoms with Gasteiger partial charge in [-0.2, -0.15) is 0 Å². The van der Waals surface area contributed by atoms with Crippen molar-refractivity contribution in [1.29, 1.82) is 0 Å². The van der Waals surface area contributed by atoms with E-state index >= 15 is 0 Å². The van der Waals surface area contributed by atoms with Crippen molar-refractivity contribution in [2.75, 3.05) is 6.54 Å². The van der Waals surface area contributed by atoms with Gasteiger partial charge >= 0.3 is 0 Å². The first-order chi connectivity index (χ1) is 7.93. The molecule has 2 rings (SSSR count). The smallest absolute Gasteiger partial charge is 0.176 e. The van der Waals surface area contributed by atoms with Crippen molar-refractivity contribution in [3.63, 3.8) is 0 Å². The van der Waals surface area contributed by atoms with E-state index in [9.17, 15) is 4.79 Å². The van der Waals surface area contributed by atoms with Gasteiger partial charge in [-0.05, 0) is 56.9 Å². The zero-order chi connectivity index (χ0) is 12.6. The van der Waals surface area contributed by atoms with Crippen LogP contribution in [0.3, 0.4) is 0 Å². The van der Waals surface area contributed by atoms with Crippen LogP contribution in [0.15, 0.2) is 12.1 Å². The average molecular weight is 233 g/mol. The first-order valence-electron chi connectivity index (χ1n) is 5.99. The summed E-state index contributed by atoms with van der Waals surface area (Å²) in [7, 11) is 0. The van der Waals surface area contributed by atoms with Crippen LogP contribution in [0.4, 0.5) is 0 Å². The van der Waals surface area contributed by atoms with Gasteiger partial charge in [-0.3, -0.25) is 4.79 Å². The molecule has 0 aliphatic carbocycles. The first-order valence-corrected chi connectivity index (χ1v) is 5.99. The van der Waals surface area contributed by atoms with Crippen molar-refractivity contribution in [2.24, 2.45) is 5.73 Å². The molecule has 2 N–H and O–H groups in total. The summed E-state index contributed by atoms with van der Waals surface area (Å²) < 4.78 is 5.93. The number of rotatable bonds is 2. The van der Waals surface area contributed by atoms with Crippen LogP contribution in [-0.2, 0) is 6.42 Å². The van der Waals surface area contributed by atoms with Crippen molar-refractivity contribution in [2.45, 2.75) is 39.2 Å². The molecule has 0 spiro atoms. The Balaban J connectivity index is 2.42. The van der Waals surface area contributed by atoms with Gasteiger partial charge in [0.25, 0.3) is 0 Å². The van der Waals surface area contributed by atoms with Crippen LogP contribution in [0.2, 0.25) is 0 Å². The van der Waals surface area contributed by atoms with Gasteiger partial charge in [0.1, 0.15) is 11.4 Å². The molecule has 0 aromatic heterocycles. The van der Waals surface area contributed by atoms with Gasteiger partial charge in [-0.15, -0.1) is 0 Å². The summed E-state index contributed by atoms with van der Waals surface area (Å²) in [6.45, 7) is 6.16. The van der Waals surface area contributed by atoms with E-state index in [1.807, 2.05) is 19.1 Å². The maximum absolute atomic E-state index is 11.7. The van der Waals surface area contributed by atoms with E-state index < -0.39 is 0 Å². The van der Waals surface area contributed by atoms with Gasteiger partial charge in [0, 0.05) is 5.56 Å². The molecule has 0 atom stereocenters. The van der Waals surface area contributed by atoms with Crippen LogP contribution < -0.4 is 10.5 Å². The van der Waals surface area contributed by atoms with Crippen molar-refractivity contribution < 1.29 is 9.53 Å². The van der Waals surface area contributed by atoms with Crippen LogP contribution in [0, 0.1) is 6.92 Å². The van der Waals surface area contributed by atoms with Crippen LogP contribution in [0.25, 0.3) is 0 Å². The Hall–Kier alpha value is -1.35. The highest BCUT2D eigenvalue weighted by atomic mass is 16.5. The molecule has 3 nitrogen and oxygen atoms in total. The number of Topliss-reactive ketones (excluding diaryl/α,β-unsaturated/α-hetero) is 1. The maximum atomic E-state index is 11.7. The highest BCUT2D eigenvalue weighted by Gasteiger charge is 2.27. The summed E-state index contributed by atoms with van der Waals surface area (Å²) in [5, 5.41) is 0. The molecule has 1 aromatic carbocycles. The Kier molecular flexibility index (Phi) is 2.96. The summed E-state index contributed by atoms with van der Waals surface area (Å²) in [5.74, 6) is 0.905. The summed E-state index contributed by atoms with van der Waals surface area (Å²) >= 11 is 0. The van der Waals surface area contributed by atoms with E-state index in [0.717, 1.165) is 35.3 Å². The quantitative estimate of drug-likeness (QED) is 0.797. The van der Waals surface area contributed by atoms with Crippen LogP contribution in [-0.4, -0.2) is 17.9 Å². The topological polar surface area (TPSA) is 52.3 Å². The second-order valence-corrected chi connectivity index (χ2v) is 5.26. The zero-order valence-electron chi connectivity index (χ0n) is 10.7. The number of nitrogens with two attached hydrogens (primary N) is 1. The molecule has 92 valence electrons. The Morgan fingerprint density at radius 1 is 1.47 bits per heavy atom. The summed E-state index contributed by atoms with van der Waals surface area (Å²) in [4.78, 5) is 11.7. The fourth-order valence-corrected chi connectivity index (χ4v) is 2.21. The summed E-state index contributed by atoms with van der Waals surface area (Å²) in [5.41, 5.74) is 8.09. The van der Waals surface area contributed by atoms with Crippen molar-refractivity contribution in [1.82, 2.24) is 0 Å². The molecular weight excluding hydrogens is 214 g/mol. The second kappa shape index (κ2) is 4.15. The largest absolute Gasteiger partial charge is 0.488 e. The lowest BCUT2D eigenvalue weighted by Crippen LogP contribution is -2.32. The lowest BCUT2D eigenvalue weighted by molar-refractivity contribution is 0.0845. The fourth-order valence-electron chi connectivity index (χ4n) is 2.21. The van der Waals surface area contributed by atoms with E-state index in [2.05, 4.69) is 13.8 Å². The van der Waals surface area contributed by atoms with Crippen LogP contribution in [0.5, 0.6) is 5.75 Å². The number of hydrogen-bond donors (Lipinski definition) is 1. The third kappa shape index (κ3) is 2.34. The van der Waals surface area contributed by atoms with E-state index in [1.54, 1.807) is 0 Å². The Morgan fingerprint density at radius 2 is 2.18 bits per heavy atom. The number of aryl methyl sites for hydroxylation is 2. The van der Waals surface area contributed by atoms with Crippen molar-refractivity contribution in [3.05, 3.63) is 28.8 Å². The van der Waals surface area contributed by atoms with Gasteiger partial charge in [0.15, 0.2) is 5.78 Å². The van der Waals surface area contributed by atoms with Crippen LogP contribution >= 0.6 is 0 Å². The standard InChI is InChI=1S/C14H19NO2/c1-9-6-13-10(4-5-14(2,3)17-13)7-11(9)12(16)8-15/h6-7H,4-5,8,15H2,1-3H3. The zero-order valence-corrected chi connectivity index (χ0v) is 10.7. The van der Waals surface area contributed by atoms with E-state index in [-0.39, 0.29) is 17.9 Å². The SMILES string of the molecule is Cc1cc2c(cc1C(=O)CN)CCC(C)(C)O2. The molecule has 0 amide bonds. The molecule has 1 aromatic rings. The second-order valence-electron chi connectivity index (χ2n) is 5.26. The number of hydrogen-bond acceptors (Lipinski definition) is 3. The molecule has 17 heavy (non-hydrogen) atoms. The molecular formula is C14H19NO2. The number of benzene rings is 1. The molecule has 0 unspecified atom stereocenters. The predicted octanol–water partition coefficient (Wildman–Crippen LogP) is 2.24. The molecule has 1 aliphatic rings. The third-order valence-electron chi connectivity index (χ3n) is 3.28. The highest BCUT2D eigenvalue weighted by Crippen LogP contribution is 2.34. The van der Waals surface area contributed by atoms with E-state index in [4.69, 9.17) is 10.5 Å². The predicted molar refractivity (Wildman–Crippen MR) is 67.6 cm³/mol. The first kappa shape index (κ1) is 12.1. The Bertz CT molecular complexity index is 464.